The third-order valence-electron chi connectivity index (χ3n) is 4.21. The maximum atomic E-state index is 12.6. The molecule has 1 aromatic heterocycles. The van der Waals surface area contributed by atoms with Gasteiger partial charge in [-0.2, -0.15) is 0 Å². The van der Waals surface area contributed by atoms with Crippen molar-refractivity contribution in [3.63, 3.8) is 0 Å². The summed E-state index contributed by atoms with van der Waals surface area (Å²) in [6, 6.07) is 19.2. The normalized spacial score (nSPS) is 11.5. The van der Waals surface area contributed by atoms with Gasteiger partial charge in [0.15, 0.2) is 0 Å². The number of hydrogen-bond donors (Lipinski definition) is 2. The molecule has 142 valence electrons. The molecule has 0 spiro atoms. The molecule has 6 nitrogen and oxygen atoms in total. The van der Waals surface area contributed by atoms with Crippen LogP contribution >= 0.6 is 0 Å². The average molecular weight is 376 g/mol. The first kappa shape index (κ1) is 19.1. The van der Waals surface area contributed by atoms with E-state index in [-0.39, 0.29) is 6.42 Å². The zero-order chi connectivity index (χ0) is 19.9. The van der Waals surface area contributed by atoms with E-state index in [1.807, 2.05) is 49.4 Å². The van der Waals surface area contributed by atoms with E-state index < -0.39 is 17.9 Å². The van der Waals surface area contributed by atoms with Gasteiger partial charge < -0.3 is 15.2 Å². The first-order valence-corrected chi connectivity index (χ1v) is 8.80. The molecule has 0 aliphatic heterocycles. The van der Waals surface area contributed by atoms with Gasteiger partial charge in [-0.25, -0.2) is 4.98 Å². The predicted octanol–water partition coefficient (Wildman–Crippen LogP) is 4.13. The molecular formula is C22H20N2O4. The molecule has 0 radical (unpaired) electrons. The molecule has 6 heteroatoms. The van der Waals surface area contributed by atoms with Crippen LogP contribution in [-0.4, -0.2) is 22.0 Å². The fraction of sp³-hybridized carbons (Fsp3) is 0.136. The first-order valence-electron chi connectivity index (χ1n) is 8.80. The maximum Gasteiger partial charge on any atom is 0.305 e. The second-order valence-electron chi connectivity index (χ2n) is 6.28. The summed E-state index contributed by atoms with van der Waals surface area (Å²) in [5.74, 6) is -0.372. The van der Waals surface area contributed by atoms with Crippen LogP contribution in [0.1, 0.15) is 33.9 Å². The fourth-order valence-corrected chi connectivity index (χ4v) is 2.82. The SMILES string of the molecule is Cc1ccccc1[C@H](CC(=O)O)NC(=O)c1ccc(Oc2ccccc2)nc1. The van der Waals surface area contributed by atoms with E-state index in [1.54, 1.807) is 24.3 Å². The Labute approximate surface area is 162 Å². The van der Waals surface area contributed by atoms with E-state index in [0.29, 0.717) is 17.2 Å². The lowest BCUT2D eigenvalue weighted by molar-refractivity contribution is -0.137. The zero-order valence-corrected chi connectivity index (χ0v) is 15.3. The highest BCUT2D eigenvalue weighted by molar-refractivity contribution is 5.94. The minimum atomic E-state index is -0.988. The Hall–Kier alpha value is -3.67. The van der Waals surface area contributed by atoms with Crippen molar-refractivity contribution in [3.8, 4) is 11.6 Å². The summed E-state index contributed by atoms with van der Waals surface area (Å²) in [5, 5.41) is 12.0. The summed E-state index contributed by atoms with van der Waals surface area (Å²) >= 11 is 0. The molecule has 0 aliphatic carbocycles. The molecule has 0 saturated carbocycles. The number of amides is 1. The lowest BCUT2D eigenvalue weighted by Crippen LogP contribution is -2.30. The number of aliphatic carboxylic acids is 1. The Morgan fingerprint density at radius 2 is 1.75 bits per heavy atom. The lowest BCUT2D eigenvalue weighted by atomic mass is 9.98. The number of aryl methyl sites for hydroxylation is 1. The highest BCUT2D eigenvalue weighted by Crippen LogP contribution is 2.22. The topological polar surface area (TPSA) is 88.5 Å². The number of rotatable bonds is 7. The predicted molar refractivity (Wildman–Crippen MR) is 104 cm³/mol. The zero-order valence-electron chi connectivity index (χ0n) is 15.3. The minimum Gasteiger partial charge on any atom is -0.481 e. The van der Waals surface area contributed by atoms with Gasteiger partial charge in [-0.3, -0.25) is 9.59 Å². The number of nitrogens with zero attached hydrogens (tertiary/aromatic N) is 1. The van der Waals surface area contributed by atoms with E-state index in [2.05, 4.69) is 10.3 Å². The molecule has 0 bridgehead atoms. The molecule has 1 heterocycles. The molecule has 0 saturated heterocycles. The van der Waals surface area contributed by atoms with Gasteiger partial charge in [0, 0.05) is 12.3 Å². The average Bonchev–Trinajstić information content (AvgIpc) is 2.69. The van der Waals surface area contributed by atoms with Crippen LogP contribution < -0.4 is 10.1 Å². The smallest absolute Gasteiger partial charge is 0.305 e. The number of carboxylic acid groups (broad SMARTS) is 1. The molecule has 0 fully saturated rings. The van der Waals surface area contributed by atoms with E-state index in [1.165, 1.54) is 6.20 Å². The molecule has 28 heavy (non-hydrogen) atoms. The Morgan fingerprint density at radius 1 is 1.04 bits per heavy atom. The van der Waals surface area contributed by atoms with Crippen LogP contribution in [0.15, 0.2) is 72.9 Å². The van der Waals surface area contributed by atoms with Gasteiger partial charge >= 0.3 is 5.97 Å². The standard InChI is InChI=1S/C22H20N2O4/c1-15-7-5-6-10-18(15)19(13-21(25)26)24-22(27)16-11-12-20(23-14-16)28-17-8-3-2-4-9-17/h2-12,14,19H,13H2,1H3,(H,24,27)(H,25,26)/t19-/m0/s1. The number of carbonyl (C=O) groups excluding carboxylic acids is 1. The summed E-state index contributed by atoms with van der Waals surface area (Å²) in [5.41, 5.74) is 2.01. The van der Waals surface area contributed by atoms with Crippen molar-refractivity contribution in [1.29, 1.82) is 0 Å². The van der Waals surface area contributed by atoms with Gasteiger partial charge in [0.25, 0.3) is 5.91 Å². The molecule has 2 N–H and O–H groups in total. The van der Waals surface area contributed by atoms with E-state index in [4.69, 9.17) is 4.74 Å². The van der Waals surface area contributed by atoms with Gasteiger partial charge in [0.05, 0.1) is 18.0 Å². The number of carboxylic acids is 1. The minimum absolute atomic E-state index is 0.209. The molecule has 0 unspecified atom stereocenters. The van der Waals surface area contributed by atoms with Crippen molar-refractivity contribution < 1.29 is 19.4 Å². The van der Waals surface area contributed by atoms with Crippen LogP contribution in [0, 0.1) is 6.92 Å². The first-order chi connectivity index (χ1) is 13.5. The molecule has 3 rings (SSSR count). The van der Waals surface area contributed by atoms with Crippen molar-refractivity contribution in [2.75, 3.05) is 0 Å². The summed E-state index contributed by atoms with van der Waals surface area (Å²) in [4.78, 5) is 28.0. The quantitative estimate of drug-likeness (QED) is 0.647. The van der Waals surface area contributed by atoms with Crippen molar-refractivity contribution in [1.82, 2.24) is 10.3 Å². The number of hydrogen-bond acceptors (Lipinski definition) is 4. The van der Waals surface area contributed by atoms with E-state index in [9.17, 15) is 14.7 Å². The molecule has 2 aromatic carbocycles. The third kappa shape index (κ3) is 4.94. The third-order valence-corrected chi connectivity index (χ3v) is 4.21. The summed E-state index contributed by atoms with van der Waals surface area (Å²) < 4.78 is 5.61. The number of nitrogens with one attached hydrogen (secondary N) is 1. The Balaban J connectivity index is 1.73. The molecule has 3 aromatic rings. The van der Waals surface area contributed by atoms with Crippen LogP contribution in [0.3, 0.4) is 0 Å². The second-order valence-corrected chi connectivity index (χ2v) is 6.28. The van der Waals surface area contributed by atoms with Crippen molar-refractivity contribution in [2.24, 2.45) is 0 Å². The largest absolute Gasteiger partial charge is 0.481 e. The second kappa shape index (κ2) is 8.81. The van der Waals surface area contributed by atoms with E-state index >= 15 is 0 Å². The van der Waals surface area contributed by atoms with Crippen molar-refractivity contribution >= 4 is 11.9 Å². The van der Waals surface area contributed by atoms with Crippen LogP contribution in [0.5, 0.6) is 11.6 Å². The highest BCUT2D eigenvalue weighted by atomic mass is 16.5. The van der Waals surface area contributed by atoms with Gasteiger partial charge in [-0.1, -0.05) is 42.5 Å². The highest BCUT2D eigenvalue weighted by Gasteiger charge is 2.20. The van der Waals surface area contributed by atoms with Gasteiger partial charge in [-0.15, -0.1) is 0 Å². The number of para-hydroxylation sites is 1. The monoisotopic (exact) mass is 376 g/mol. The number of ether oxygens (including phenoxy) is 1. The van der Waals surface area contributed by atoms with Crippen LogP contribution in [0.2, 0.25) is 0 Å². The van der Waals surface area contributed by atoms with E-state index in [0.717, 1.165) is 11.1 Å². The number of pyridine rings is 1. The van der Waals surface area contributed by atoms with Crippen molar-refractivity contribution in [2.45, 2.75) is 19.4 Å². The van der Waals surface area contributed by atoms with Crippen LogP contribution in [-0.2, 0) is 4.79 Å². The van der Waals surface area contributed by atoms with Crippen LogP contribution in [0.4, 0.5) is 0 Å². The van der Waals surface area contributed by atoms with Gasteiger partial charge in [0.1, 0.15) is 5.75 Å². The van der Waals surface area contributed by atoms with Gasteiger partial charge in [-0.05, 0) is 36.2 Å². The number of benzene rings is 2. The molecule has 1 amide bonds. The summed E-state index contributed by atoms with van der Waals surface area (Å²) in [6.07, 6.45) is 1.20. The Morgan fingerprint density at radius 3 is 2.39 bits per heavy atom. The Kier molecular flexibility index (Phi) is 6.01. The maximum absolute atomic E-state index is 12.6. The summed E-state index contributed by atoms with van der Waals surface area (Å²) in [6.45, 7) is 1.88. The Bertz CT molecular complexity index is 956. The molecular weight excluding hydrogens is 356 g/mol. The van der Waals surface area contributed by atoms with Crippen molar-refractivity contribution in [3.05, 3.63) is 89.6 Å². The summed E-state index contributed by atoms with van der Waals surface area (Å²) in [7, 11) is 0. The molecule has 1 atom stereocenters. The fourth-order valence-electron chi connectivity index (χ4n) is 2.82. The van der Waals surface area contributed by atoms with Gasteiger partial charge in [0.2, 0.25) is 5.88 Å². The molecule has 0 aliphatic rings. The number of carbonyl (C=O) groups is 2. The number of aromatic nitrogens is 1. The lowest BCUT2D eigenvalue weighted by Gasteiger charge is -2.19. The van der Waals surface area contributed by atoms with Crippen LogP contribution in [0.25, 0.3) is 0 Å².